The summed E-state index contributed by atoms with van der Waals surface area (Å²) in [5.74, 6) is 0.654. The van der Waals surface area contributed by atoms with E-state index in [2.05, 4.69) is 4.98 Å². The minimum Gasteiger partial charge on any atom is -0.322 e. The molecular weight excluding hydrogens is 228 g/mol. The van der Waals surface area contributed by atoms with Gasteiger partial charge >= 0.3 is 0 Å². The molecule has 0 saturated heterocycles. The quantitative estimate of drug-likeness (QED) is 0.872. The van der Waals surface area contributed by atoms with Gasteiger partial charge in [-0.2, -0.15) is 0 Å². The molecule has 2 N–H and O–H groups in total. The van der Waals surface area contributed by atoms with E-state index in [-0.39, 0.29) is 6.04 Å². The number of fused-ring (bicyclic) bond motifs is 1. The van der Waals surface area contributed by atoms with E-state index in [0.717, 1.165) is 15.5 Å². The molecule has 1 aliphatic carbocycles. The Labute approximate surface area is 97.1 Å². The van der Waals surface area contributed by atoms with Crippen LogP contribution in [0.2, 0.25) is 5.02 Å². The van der Waals surface area contributed by atoms with Gasteiger partial charge in [0.2, 0.25) is 0 Å². The molecule has 2 aromatic rings. The molecule has 0 bridgehead atoms. The molecule has 15 heavy (non-hydrogen) atoms. The van der Waals surface area contributed by atoms with Gasteiger partial charge in [0, 0.05) is 5.02 Å². The fourth-order valence-electron chi connectivity index (χ4n) is 1.72. The van der Waals surface area contributed by atoms with Gasteiger partial charge in [-0.05, 0) is 37.0 Å². The van der Waals surface area contributed by atoms with Crippen molar-refractivity contribution in [2.24, 2.45) is 11.7 Å². The normalized spacial score (nSPS) is 18.3. The average Bonchev–Trinajstić information content (AvgIpc) is 2.97. The maximum Gasteiger partial charge on any atom is 0.111 e. The van der Waals surface area contributed by atoms with E-state index >= 15 is 0 Å². The van der Waals surface area contributed by atoms with Crippen molar-refractivity contribution in [2.45, 2.75) is 18.9 Å². The van der Waals surface area contributed by atoms with Crippen LogP contribution in [0, 0.1) is 5.92 Å². The Hall–Kier alpha value is -0.640. The Morgan fingerprint density at radius 2 is 2.27 bits per heavy atom. The van der Waals surface area contributed by atoms with E-state index < -0.39 is 0 Å². The smallest absolute Gasteiger partial charge is 0.111 e. The summed E-state index contributed by atoms with van der Waals surface area (Å²) in [5.41, 5.74) is 7.09. The number of hydrogen-bond acceptors (Lipinski definition) is 3. The summed E-state index contributed by atoms with van der Waals surface area (Å²) >= 11 is 7.60. The minimum atomic E-state index is 0.126. The highest BCUT2D eigenvalue weighted by atomic mass is 35.5. The molecule has 0 radical (unpaired) electrons. The van der Waals surface area contributed by atoms with Crippen LogP contribution in [0.5, 0.6) is 0 Å². The minimum absolute atomic E-state index is 0.126. The highest BCUT2D eigenvalue weighted by Gasteiger charge is 2.31. The molecule has 78 valence electrons. The van der Waals surface area contributed by atoms with Crippen molar-refractivity contribution >= 4 is 33.2 Å². The molecular formula is C11H11ClN2S. The second-order valence-electron chi connectivity index (χ2n) is 4.03. The van der Waals surface area contributed by atoms with Gasteiger partial charge in [-0.25, -0.2) is 4.98 Å². The van der Waals surface area contributed by atoms with Gasteiger partial charge in [-0.1, -0.05) is 11.6 Å². The first kappa shape index (κ1) is 9.58. The van der Waals surface area contributed by atoms with Crippen LogP contribution in [0.1, 0.15) is 23.9 Å². The van der Waals surface area contributed by atoms with Crippen LogP contribution in [0.3, 0.4) is 0 Å². The molecule has 1 atom stereocenters. The van der Waals surface area contributed by atoms with Crippen LogP contribution < -0.4 is 5.73 Å². The van der Waals surface area contributed by atoms with Crippen molar-refractivity contribution in [2.75, 3.05) is 0 Å². The fourth-order valence-corrected chi connectivity index (χ4v) is 2.93. The second-order valence-corrected chi connectivity index (χ2v) is 5.53. The summed E-state index contributed by atoms with van der Waals surface area (Å²) in [4.78, 5) is 4.54. The number of benzene rings is 1. The number of nitrogens with zero attached hydrogens (tertiary/aromatic N) is 1. The summed E-state index contributed by atoms with van der Waals surface area (Å²) in [7, 11) is 0. The number of nitrogens with two attached hydrogens (primary N) is 1. The van der Waals surface area contributed by atoms with Gasteiger partial charge in [0.05, 0.1) is 16.3 Å². The van der Waals surface area contributed by atoms with Gasteiger partial charge in [0.1, 0.15) is 5.01 Å². The van der Waals surface area contributed by atoms with E-state index in [1.165, 1.54) is 17.5 Å². The first-order valence-corrected chi connectivity index (χ1v) is 6.25. The molecule has 1 saturated carbocycles. The highest BCUT2D eigenvalue weighted by Crippen LogP contribution is 2.41. The molecule has 1 aliphatic rings. The molecule has 1 fully saturated rings. The van der Waals surface area contributed by atoms with Crippen molar-refractivity contribution in [3.8, 4) is 0 Å². The summed E-state index contributed by atoms with van der Waals surface area (Å²) in [6.07, 6.45) is 2.50. The van der Waals surface area contributed by atoms with Crippen LogP contribution >= 0.6 is 22.9 Å². The predicted octanol–water partition coefficient (Wildman–Crippen LogP) is 3.36. The topological polar surface area (TPSA) is 38.9 Å². The SMILES string of the molecule is NC(c1nc2cc(Cl)ccc2s1)C1CC1. The van der Waals surface area contributed by atoms with E-state index in [1.54, 1.807) is 11.3 Å². The van der Waals surface area contributed by atoms with Crippen LogP contribution in [-0.4, -0.2) is 4.98 Å². The highest BCUT2D eigenvalue weighted by molar-refractivity contribution is 7.18. The number of hydrogen-bond donors (Lipinski definition) is 1. The van der Waals surface area contributed by atoms with Gasteiger partial charge in [-0.3, -0.25) is 0 Å². The van der Waals surface area contributed by atoms with E-state index in [9.17, 15) is 0 Å². The molecule has 0 aliphatic heterocycles. The van der Waals surface area contributed by atoms with Gasteiger partial charge < -0.3 is 5.73 Å². The molecule has 3 rings (SSSR count). The zero-order valence-corrected chi connectivity index (χ0v) is 9.68. The lowest BCUT2D eigenvalue weighted by molar-refractivity contribution is 0.630. The monoisotopic (exact) mass is 238 g/mol. The lowest BCUT2D eigenvalue weighted by Gasteiger charge is -2.03. The third kappa shape index (κ3) is 1.75. The third-order valence-electron chi connectivity index (χ3n) is 2.78. The van der Waals surface area contributed by atoms with Crippen molar-refractivity contribution in [3.63, 3.8) is 0 Å². The fraction of sp³-hybridized carbons (Fsp3) is 0.364. The van der Waals surface area contributed by atoms with Gasteiger partial charge in [0.25, 0.3) is 0 Å². The summed E-state index contributed by atoms with van der Waals surface area (Å²) in [6.45, 7) is 0. The first-order valence-electron chi connectivity index (χ1n) is 5.05. The third-order valence-corrected chi connectivity index (χ3v) is 4.15. The molecule has 1 unspecified atom stereocenters. The van der Waals surface area contributed by atoms with Crippen molar-refractivity contribution in [1.29, 1.82) is 0 Å². The molecule has 0 amide bonds. The van der Waals surface area contributed by atoms with Crippen molar-refractivity contribution in [3.05, 3.63) is 28.2 Å². The Bertz CT molecular complexity index is 504. The van der Waals surface area contributed by atoms with E-state index in [1.807, 2.05) is 18.2 Å². The Balaban J connectivity index is 2.05. The average molecular weight is 239 g/mol. The Kier molecular flexibility index (Phi) is 2.20. The maximum absolute atomic E-state index is 6.12. The largest absolute Gasteiger partial charge is 0.322 e. The van der Waals surface area contributed by atoms with Crippen molar-refractivity contribution in [1.82, 2.24) is 4.98 Å². The summed E-state index contributed by atoms with van der Waals surface area (Å²) in [5, 5.41) is 1.79. The molecule has 4 heteroatoms. The lowest BCUT2D eigenvalue weighted by Crippen LogP contribution is -2.11. The first-order chi connectivity index (χ1) is 7.24. The van der Waals surface area contributed by atoms with E-state index in [0.29, 0.717) is 5.92 Å². The molecule has 0 spiro atoms. The number of halogens is 1. The van der Waals surface area contributed by atoms with Crippen LogP contribution in [0.25, 0.3) is 10.2 Å². The maximum atomic E-state index is 6.12. The zero-order chi connectivity index (χ0) is 10.4. The van der Waals surface area contributed by atoms with E-state index in [4.69, 9.17) is 17.3 Å². The van der Waals surface area contributed by atoms with Gasteiger partial charge in [0.15, 0.2) is 0 Å². The Morgan fingerprint density at radius 3 is 3.00 bits per heavy atom. The zero-order valence-electron chi connectivity index (χ0n) is 8.11. The number of aromatic nitrogens is 1. The predicted molar refractivity (Wildman–Crippen MR) is 64.3 cm³/mol. The number of thiazole rings is 1. The molecule has 1 heterocycles. The molecule has 2 nitrogen and oxygen atoms in total. The second kappa shape index (κ2) is 3.44. The Morgan fingerprint density at radius 1 is 1.47 bits per heavy atom. The molecule has 1 aromatic carbocycles. The summed E-state index contributed by atoms with van der Waals surface area (Å²) < 4.78 is 1.17. The summed E-state index contributed by atoms with van der Waals surface area (Å²) in [6, 6.07) is 5.94. The molecule has 1 aromatic heterocycles. The lowest BCUT2D eigenvalue weighted by atomic mass is 10.2. The van der Waals surface area contributed by atoms with Crippen molar-refractivity contribution < 1.29 is 0 Å². The van der Waals surface area contributed by atoms with Gasteiger partial charge in [-0.15, -0.1) is 11.3 Å². The standard InChI is InChI=1S/C11H11ClN2S/c12-7-3-4-9-8(5-7)14-11(15-9)10(13)6-1-2-6/h3-6,10H,1-2,13H2. The number of rotatable bonds is 2. The van der Waals surface area contributed by atoms with Crippen LogP contribution in [0.4, 0.5) is 0 Å². The van der Waals surface area contributed by atoms with Crippen LogP contribution in [-0.2, 0) is 0 Å². The van der Waals surface area contributed by atoms with Crippen LogP contribution in [0.15, 0.2) is 18.2 Å².